The van der Waals surface area contributed by atoms with Crippen molar-refractivity contribution >= 4 is 17.5 Å². The normalized spacial score (nSPS) is 10.4. The number of rotatable bonds is 7. The van der Waals surface area contributed by atoms with Gasteiger partial charge >= 0.3 is 0 Å². The van der Waals surface area contributed by atoms with Gasteiger partial charge in [0.25, 0.3) is 5.22 Å². The number of Topliss-reactive ketones (excluding diaryl/α,β-unsaturated/α-hetero) is 1. The largest absolute Gasteiger partial charge is 0.497 e. The third-order valence-corrected chi connectivity index (χ3v) is 3.63. The second-order valence-corrected chi connectivity index (χ2v) is 5.08. The maximum absolute atomic E-state index is 11.3. The summed E-state index contributed by atoms with van der Waals surface area (Å²) in [6.07, 6.45) is 0.501. The van der Waals surface area contributed by atoms with E-state index >= 15 is 0 Å². The molecule has 1 aromatic heterocycles. The number of hydrogen-bond acceptors (Lipinski definition) is 7. The molecule has 6 nitrogen and oxygen atoms in total. The fraction of sp³-hybridized carbons (Fsp3) is 0.357. The van der Waals surface area contributed by atoms with Gasteiger partial charge in [0.2, 0.25) is 5.89 Å². The Balaban J connectivity index is 2.18. The van der Waals surface area contributed by atoms with Crippen LogP contribution in [0.15, 0.2) is 27.8 Å². The van der Waals surface area contributed by atoms with E-state index in [1.165, 1.54) is 11.8 Å². The Kier molecular flexibility index (Phi) is 5.21. The maximum atomic E-state index is 11.3. The highest BCUT2D eigenvalue weighted by Crippen LogP contribution is 2.30. The fourth-order valence-corrected chi connectivity index (χ4v) is 2.28. The molecule has 21 heavy (non-hydrogen) atoms. The first kappa shape index (κ1) is 15.4. The summed E-state index contributed by atoms with van der Waals surface area (Å²) in [7, 11) is 3.15. The zero-order valence-corrected chi connectivity index (χ0v) is 12.9. The van der Waals surface area contributed by atoms with Crippen molar-refractivity contribution in [2.24, 2.45) is 0 Å². The second kappa shape index (κ2) is 7.12. The molecule has 0 fully saturated rings. The maximum Gasteiger partial charge on any atom is 0.277 e. The number of methoxy groups -OCH3 is 2. The summed E-state index contributed by atoms with van der Waals surface area (Å²) >= 11 is 1.24. The number of ketones is 1. The summed E-state index contributed by atoms with van der Waals surface area (Å²) in [5, 5.41) is 8.27. The van der Waals surface area contributed by atoms with Crippen LogP contribution in [0.4, 0.5) is 0 Å². The van der Waals surface area contributed by atoms with E-state index in [-0.39, 0.29) is 5.78 Å². The van der Waals surface area contributed by atoms with Gasteiger partial charge in [0, 0.05) is 18.1 Å². The molecule has 0 unspecified atom stereocenters. The van der Waals surface area contributed by atoms with Gasteiger partial charge in [-0.2, -0.15) is 0 Å². The lowest BCUT2D eigenvalue weighted by atomic mass is 10.2. The van der Waals surface area contributed by atoms with Crippen molar-refractivity contribution in [1.29, 1.82) is 0 Å². The lowest BCUT2D eigenvalue weighted by Crippen LogP contribution is -1.97. The number of benzene rings is 1. The highest BCUT2D eigenvalue weighted by molar-refractivity contribution is 7.99. The van der Waals surface area contributed by atoms with E-state index in [1.807, 2.05) is 6.92 Å². The molecule has 0 atom stereocenters. The molecule has 2 aromatic rings. The van der Waals surface area contributed by atoms with Crippen LogP contribution in [0.1, 0.15) is 13.3 Å². The number of carbonyl (C=O) groups excluding carboxylic acids is 1. The van der Waals surface area contributed by atoms with Crippen LogP contribution in [0.2, 0.25) is 0 Å². The zero-order chi connectivity index (χ0) is 15.2. The van der Waals surface area contributed by atoms with E-state index in [0.29, 0.717) is 40.3 Å². The molecule has 0 amide bonds. The van der Waals surface area contributed by atoms with Gasteiger partial charge in [-0.15, -0.1) is 10.2 Å². The summed E-state index contributed by atoms with van der Waals surface area (Å²) in [5.41, 5.74) is 0.701. The van der Waals surface area contributed by atoms with Gasteiger partial charge < -0.3 is 13.9 Å². The minimum absolute atomic E-state index is 0.141. The molecular formula is C14H16N2O4S. The predicted molar refractivity (Wildman–Crippen MR) is 78.9 cm³/mol. The van der Waals surface area contributed by atoms with Crippen LogP contribution in [0, 0.1) is 0 Å². The second-order valence-electron chi connectivity index (χ2n) is 4.16. The van der Waals surface area contributed by atoms with Gasteiger partial charge in [0.1, 0.15) is 17.3 Å². The van der Waals surface area contributed by atoms with E-state index in [1.54, 1.807) is 32.4 Å². The molecule has 1 aromatic carbocycles. The average Bonchev–Trinajstić information content (AvgIpc) is 3.00. The molecule has 7 heteroatoms. The summed E-state index contributed by atoms with van der Waals surface area (Å²) in [5.74, 6) is 2.11. The molecule has 0 aliphatic carbocycles. The Morgan fingerprint density at radius 2 is 1.86 bits per heavy atom. The molecule has 0 saturated heterocycles. The third-order valence-electron chi connectivity index (χ3n) is 2.76. The molecule has 0 aliphatic rings. The van der Waals surface area contributed by atoms with Crippen molar-refractivity contribution in [2.45, 2.75) is 18.6 Å². The van der Waals surface area contributed by atoms with Crippen molar-refractivity contribution in [3.8, 4) is 23.0 Å². The summed E-state index contributed by atoms with van der Waals surface area (Å²) in [6.45, 7) is 1.82. The third kappa shape index (κ3) is 3.98. The lowest BCUT2D eigenvalue weighted by Gasteiger charge is -2.05. The highest BCUT2D eigenvalue weighted by atomic mass is 32.2. The Morgan fingerprint density at radius 1 is 1.19 bits per heavy atom. The molecule has 2 rings (SSSR count). The van der Waals surface area contributed by atoms with Crippen LogP contribution >= 0.6 is 11.8 Å². The van der Waals surface area contributed by atoms with Crippen molar-refractivity contribution in [1.82, 2.24) is 10.2 Å². The van der Waals surface area contributed by atoms with E-state index in [9.17, 15) is 4.79 Å². The molecular weight excluding hydrogens is 292 g/mol. The predicted octanol–water partition coefficient (Wildman–Crippen LogP) is 2.83. The Morgan fingerprint density at radius 3 is 2.43 bits per heavy atom. The van der Waals surface area contributed by atoms with Crippen molar-refractivity contribution in [3.05, 3.63) is 18.2 Å². The molecule has 0 saturated carbocycles. The van der Waals surface area contributed by atoms with Crippen LogP contribution < -0.4 is 9.47 Å². The van der Waals surface area contributed by atoms with Gasteiger partial charge in [0.05, 0.1) is 20.0 Å². The number of aromatic nitrogens is 2. The Hall–Kier alpha value is -2.02. The highest BCUT2D eigenvalue weighted by Gasteiger charge is 2.12. The quantitative estimate of drug-likeness (QED) is 0.728. The number of thioether (sulfide) groups is 1. The summed E-state index contributed by atoms with van der Waals surface area (Å²) in [4.78, 5) is 11.3. The van der Waals surface area contributed by atoms with E-state index in [4.69, 9.17) is 13.9 Å². The smallest absolute Gasteiger partial charge is 0.277 e. The Bertz CT molecular complexity index is 605. The zero-order valence-electron chi connectivity index (χ0n) is 12.1. The summed E-state index contributed by atoms with van der Waals surface area (Å²) in [6, 6.07) is 5.32. The van der Waals surface area contributed by atoms with Crippen molar-refractivity contribution < 1.29 is 18.7 Å². The monoisotopic (exact) mass is 308 g/mol. The first-order chi connectivity index (χ1) is 10.2. The average molecular weight is 308 g/mol. The standard InChI is InChI=1S/C14H16N2O4S/c1-4-10(17)8-21-14-16-15-13(20-14)9-5-11(18-2)7-12(6-9)19-3/h5-7H,4,8H2,1-3H3. The van der Waals surface area contributed by atoms with Crippen molar-refractivity contribution in [2.75, 3.05) is 20.0 Å². The van der Waals surface area contributed by atoms with Crippen LogP contribution in [0.25, 0.3) is 11.5 Å². The van der Waals surface area contributed by atoms with E-state index < -0.39 is 0 Å². The first-order valence-electron chi connectivity index (χ1n) is 6.37. The van der Waals surface area contributed by atoms with Gasteiger partial charge in [-0.25, -0.2) is 0 Å². The fourth-order valence-electron chi connectivity index (χ4n) is 1.56. The van der Waals surface area contributed by atoms with E-state index in [0.717, 1.165) is 0 Å². The molecule has 0 radical (unpaired) electrons. The van der Waals surface area contributed by atoms with Crippen LogP contribution in [-0.2, 0) is 4.79 Å². The van der Waals surface area contributed by atoms with Gasteiger partial charge in [-0.3, -0.25) is 4.79 Å². The molecule has 1 heterocycles. The minimum atomic E-state index is 0.141. The molecule has 0 bridgehead atoms. The minimum Gasteiger partial charge on any atom is -0.497 e. The van der Waals surface area contributed by atoms with Crippen LogP contribution in [-0.4, -0.2) is 36.0 Å². The van der Waals surface area contributed by atoms with Gasteiger partial charge in [-0.1, -0.05) is 18.7 Å². The topological polar surface area (TPSA) is 74.5 Å². The number of ether oxygens (including phenoxy) is 2. The van der Waals surface area contributed by atoms with E-state index in [2.05, 4.69) is 10.2 Å². The molecule has 0 aliphatic heterocycles. The Labute approximate surface area is 126 Å². The molecule has 0 spiro atoms. The molecule has 0 N–H and O–H groups in total. The lowest BCUT2D eigenvalue weighted by molar-refractivity contribution is -0.116. The SMILES string of the molecule is CCC(=O)CSc1nnc(-c2cc(OC)cc(OC)c2)o1. The first-order valence-corrected chi connectivity index (χ1v) is 7.36. The number of nitrogens with zero attached hydrogens (tertiary/aromatic N) is 2. The molecule has 112 valence electrons. The van der Waals surface area contributed by atoms with Gasteiger partial charge in [-0.05, 0) is 12.1 Å². The van der Waals surface area contributed by atoms with Gasteiger partial charge in [0.15, 0.2) is 0 Å². The van der Waals surface area contributed by atoms with Crippen LogP contribution in [0.3, 0.4) is 0 Å². The number of carbonyl (C=O) groups is 1. The number of hydrogen-bond donors (Lipinski definition) is 0. The van der Waals surface area contributed by atoms with Crippen LogP contribution in [0.5, 0.6) is 11.5 Å². The van der Waals surface area contributed by atoms with Crippen molar-refractivity contribution in [3.63, 3.8) is 0 Å². The summed E-state index contributed by atoms with van der Waals surface area (Å²) < 4.78 is 15.9.